The molecule has 0 saturated heterocycles. The number of esters is 2. The van der Waals surface area contributed by atoms with Crippen molar-refractivity contribution < 1.29 is 23.8 Å². The van der Waals surface area contributed by atoms with Crippen LogP contribution in [-0.4, -0.2) is 38.9 Å². The average Bonchev–Trinajstić information content (AvgIpc) is 2.23. The zero-order valence-electron chi connectivity index (χ0n) is 9.28. The molecule has 0 aliphatic heterocycles. The molecule has 0 aliphatic carbocycles. The van der Waals surface area contributed by atoms with Gasteiger partial charge in [0.1, 0.15) is 6.61 Å². The summed E-state index contributed by atoms with van der Waals surface area (Å²) in [6.45, 7) is 2.75. The van der Waals surface area contributed by atoms with E-state index in [1.165, 1.54) is 7.11 Å². The quantitative estimate of drug-likeness (QED) is 0.447. The number of rotatable bonds is 8. The molecule has 0 aromatic heterocycles. The molecule has 0 unspecified atom stereocenters. The van der Waals surface area contributed by atoms with Gasteiger partial charge < -0.3 is 14.2 Å². The molecule has 0 atom stereocenters. The van der Waals surface area contributed by atoms with Crippen LogP contribution in [0.2, 0.25) is 0 Å². The van der Waals surface area contributed by atoms with Gasteiger partial charge in [0.05, 0.1) is 26.7 Å². The molecule has 0 rings (SSSR count). The maximum Gasteiger partial charge on any atom is 0.307 e. The maximum atomic E-state index is 10.9. The molecule has 0 heterocycles. The number of ether oxygens (including phenoxy) is 3. The second-order valence-corrected chi connectivity index (χ2v) is 2.91. The van der Waals surface area contributed by atoms with Crippen LogP contribution in [0, 0.1) is 0 Å². The molecule has 0 saturated carbocycles. The average molecular weight is 218 g/mol. The van der Waals surface area contributed by atoms with Crippen molar-refractivity contribution in [3.63, 3.8) is 0 Å². The lowest BCUT2D eigenvalue weighted by molar-refractivity contribution is -0.146. The molecule has 0 amide bonds. The van der Waals surface area contributed by atoms with E-state index < -0.39 is 0 Å². The fraction of sp³-hybridized carbons (Fsp3) is 0.800. The predicted octanol–water partition coefficient (Wildman–Crippen LogP) is 0.909. The van der Waals surface area contributed by atoms with Gasteiger partial charge in [-0.15, -0.1) is 0 Å². The lowest BCUT2D eigenvalue weighted by atomic mass is 10.3. The Hall–Kier alpha value is -1.10. The first kappa shape index (κ1) is 13.9. The molecule has 15 heavy (non-hydrogen) atoms. The summed E-state index contributed by atoms with van der Waals surface area (Å²) >= 11 is 0. The van der Waals surface area contributed by atoms with Gasteiger partial charge >= 0.3 is 11.9 Å². The van der Waals surface area contributed by atoms with Crippen LogP contribution in [0.3, 0.4) is 0 Å². The first-order chi connectivity index (χ1) is 7.20. The van der Waals surface area contributed by atoms with Gasteiger partial charge in [0.2, 0.25) is 0 Å². The second-order valence-electron chi connectivity index (χ2n) is 2.91. The molecule has 0 radical (unpaired) electrons. The van der Waals surface area contributed by atoms with Crippen LogP contribution in [0.25, 0.3) is 0 Å². The standard InChI is InChI=1S/C10H18O5/c1-3-4-10(12)15-8-7-14-6-5-9(11)13-2/h3-8H2,1-2H3. The van der Waals surface area contributed by atoms with Gasteiger partial charge in [-0.25, -0.2) is 0 Å². The largest absolute Gasteiger partial charge is 0.469 e. The molecule has 0 aromatic carbocycles. The van der Waals surface area contributed by atoms with E-state index >= 15 is 0 Å². The van der Waals surface area contributed by atoms with E-state index in [9.17, 15) is 9.59 Å². The van der Waals surface area contributed by atoms with Crippen LogP contribution in [-0.2, 0) is 23.8 Å². The summed E-state index contributed by atoms with van der Waals surface area (Å²) in [4.78, 5) is 21.5. The van der Waals surface area contributed by atoms with Gasteiger partial charge in [-0.2, -0.15) is 0 Å². The van der Waals surface area contributed by atoms with Crippen LogP contribution in [0.4, 0.5) is 0 Å². The monoisotopic (exact) mass is 218 g/mol. The minimum absolute atomic E-state index is 0.214. The maximum absolute atomic E-state index is 10.9. The molecule has 5 heteroatoms. The summed E-state index contributed by atoms with van der Waals surface area (Å²) in [7, 11) is 1.33. The summed E-state index contributed by atoms with van der Waals surface area (Å²) in [6, 6.07) is 0. The van der Waals surface area contributed by atoms with E-state index in [0.717, 1.165) is 6.42 Å². The molecule has 0 bridgehead atoms. The van der Waals surface area contributed by atoms with Crippen molar-refractivity contribution in [3.05, 3.63) is 0 Å². The summed E-state index contributed by atoms with van der Waals surface area (Å²) in [5.41, 5.74) is 0. The Morgan fingerprint density at radius 3 is 2.33 bits per heavy atom. The molecule has 0 fully saturated rings. The van der Waals surface area contributed by atoms with Crippen LogP contribution < -0.4 is 0 Å². The zero-order chi connectivity index (χ0) is 11.5. The van der Waals surface area contributed by atoms with Crippen molar-refractivity contribution in [1.82, 2.24) is 0 Å². The fourth-order valence-corrected chi connectivity index (χ4v) is 0.850. The first-order valence-electron chi connectivity index (χ1n) is 5.00. The Labute approximate surface area is 89.7 Å². The third-order valence-electron chi connectivity index (χ3n) is 1.62. The molecule has 0 spiro atoms. The van der Waals surface area contributed by atoms with Crippen LogP contribution in [0.5, 0.6) is 0 Å². The Morgan fingerprint density at radius 2 is 1.73 bits per heavy atom. The first-order valence-corrected chi connectivity index (χ1v) is 5.00. The predicted molar refractivity (Wildman–Crippen MR) is 53.3 cm³/mol. The van der Waals surface area contributed by atoms with Crippen molar-refractivity contribution in [3.8, 4) is 0 Å². The normalized spacial score (nSPS) is 9.73. The van der Waals surface area contributed by atoms with Crippen LogP contribution in [0.1, 0.15) is 26.2 Å². The number of carbonyl (C=O) groups excluding carboxylic acids is 2. The van der Waals surface area contributed by atoms with E-state index in [2.05, 4.69) is 4.74 Å². The Bertz CT molecular complexity index is 190. The van der Waals surface area contributed by atoms with Gasteiger partial charge in [-0.05, 0) is 6.42 Å². The number of hydrogen-bond acceptors (Lipinski definition) is 5. The molecular formula is C10H18O5. The minimum Gasteiger partial charge on any atom is -0.469 e. The molecule has 88 valence electrons. The highest BCUT2D eigenvalue weighted by Crippen LogP contribution is 1.91. The summed E-state index contributed by atoms with van der Waals surface area (Å²) in [6.07, 6.45) is 1.43. The number of hydrogen-bond donors (Lipinski definition) is 0. The Kier molecular flexibility index (Phi) is 8.76. The molecular weight excluding hydrogens is 200 g/mol. The SMILES string of the molecule is CCCC(=O)OCCOCCC(=O)OC. The van der Waals surface area contributed by atoms with Crippen molar-refractivity contribution in [2.75, 3.05) is 26.9 Å². The zero-order valence-corrected chi connectivity index (χ0v) is 9.28. The third-order valence-corrected chi connectivity index (χ3v) is 1.62. The van der Waals surface area contributed by atoms with Gasteiger partial charge in [0.15, 0.2) is 0 Å². The topological polar surface area (TPSA) is 61.8 Å². The van der Waals surface area contributed by atoms with Crippen molar-refractivity contribution in [2.45, 2.75) is 26.2 Å². The highest BCUT2D eigenvalue weighted by atomic mass is 16.6. The van der Waals surface area contributed by atoms with Crippen molar-refractivity contribution >= 4 is 11.9 Å². The highest BCUT2D eigenvalue weighted by Gasteiger charge is 2.01. The lowest BCUT2D eigenvalue weighted by Gasteiger charge is -2.04. The van der Waals surface area contributed by atoms with Gasteiger partial charge in [-0.1, -0.05) is 6.92 Å². The fourth-order valence-electron chi connectivity index (χ4n) is 0.850. The Morgan fingerprint density at radius 1 is 1.00 bits per heavy atom. The van der Waals surface area contributed by atoms with Gasteiger partial charge in [0.25, 0.3) is 0 Å². The van der Waals surface area contributed by atoms with Gasteiger partial charge in [-0.3, -0.25) is 9.59 Å². The van der Waals surface area contributed by atoms with E-state index in [1.807, 2.05) is 6.92 Å². The lowest BCUT2D eigenvalue weighted by Crippen LogP contribution is -2.12. The van der Waals surface area contributed by atoms with E-state index in [-0.39, 0.29) is 31.6 Å². The van der Waals surface area contributed by atoms with Crippen LogP contribution >= 0.6 is 0 Å². The van der Waals surface area contributed by atoms with E-state index in [1.54, 1.807) is 0 Å². The Balaban J connectivity index is 3.18. The van der Waals surface area contributed by atoms with E-state index in [0.29, 0.717) is 13.0 Å². The van der Waals surface area contributed by atoms with Crippen LogP contribution in [0.15, 0.2) is 0 Å². The molecule has 0 aromatic rings. The van der Waals surface area contributed by atoms with Crippen molar-refractivity contribution in [1.29, 1.82) is 0 Å². The third kappa shape index (κ3) is 9.21. The smallest absolute Gasteiger partial charge is 0.307 e. The van der Waals surface area contributed by atoms with Crippen molar-refractivity contribution in [2.24, 2.45) is 0 Å². The van der Waals surface area contributed by atoms with Gasteiger partial charge in [0, 0.05) is 6.42 Å². The minimum atomic E-state index is -0.307. The highest BCUT2D eigenvalue weighted by molar-refractivity contribution is 5.69. The molecule has 0 N–H and O–H groups in total. The molecule has 5 nitrogen and oxygen atoms in total. The number of carbonyl (C=O) groups is 2. The summed E-state index contributed by atoms with van der Waals surface area (Å²) in [5, 5.41) is 0. The number of methoxy groups -OCH3 is 1. The van der Waals surface area contributed by atoms with E-state index in [4.69, 9.17) is 9.47 Å². The summed E-state index contributed by atoms with van der Waals surface area (Å²) < 4.78 is 14.3. The summed E-state index contributed by atoms with van der Waals surface area (Å²) in [5.74, 6) is -0.521. The second kappa shape index (κ2) is 9.45. The molecule has 0 aliphatic rings.